The van der Waals surface area contributed by atoms with Crippen LogP contribution in [0.1, 0.15) is 53.9 Å². The SMILES string of the molecule is CCC=C(Br)CCC(C)=C(N=N)C(=NC)N1CCN(C(=O)OC(C)(C)C)CC1. The fourth-order valence-corrected chi connectivity index (χ4v) is 3.43. The van der Waals surface area contributed by atoms with Crippen LogP contribution in [0.3, 0.4) is 0 Å². The predicted molar refractivity (Wildman–Crippen MR) is 117 cm³/mol. The van der Waals surface area contributed by atoms with E-state index in [1.165, 1.54) is 4.48 Å². The van der Waals surface area contributed by atoms with Gasteiger partial charge in [0.25, 0.3) is 0 Å². The van der Waals surface area contributed by atoms with E-state index in [0.29, 0.717) is 37.7 Å². The number of rotatable bonds is 6. The Morgan fingerprint density at radius 3 is 2.21 bits per heavy atom. The number of carbonyl (C=O) groups is 1. The molecule has 1 aliphatic rings. The van der Waals surface area contributed by atoms with Gasteiger partial charge in [-0.3, -0.25) is 4.99 Å². The van der Waals surface area contributed by atoms with Crippen molar-refractivity contribution in [1.29, 1.82) is 5.53 Å². The normalized spacial score (nSPS) is 17.4. The van der Waals surface area contributed by atoms with Gasteiger partial charge >= 0.3 is 6.09 Å². The summed E-state index contributed by atoms with van der Waals surface area (Å²) in [6.45, 7) is 12.1. The zero-order valence-corrected chi connectivity index (χ0v) is 19.6. The highest BCUT2D eigenvalue weighted by Crippen LogP contribution is 2.22. The molecule has 8 heteroatoms. The summed E-state index contributed by atoms with van der Waals surface area (Å²) in [6.07, 6.45) is 4.54. The Hall–Kier alpha value is -1.70. The van der Waals surface area contributed by atoms with Crippen LogP contribution in [0.5, 0.6) is 0 Å². The number of piperazine rings is 1. The molecular weight excluding hydrogens is 422 g/mol. The van der Waals surface area contributed by atoms with E-state index in [9.17, 15) is 4.79 Å². The van der Waals surface area contributed by atoms with Crippen LogP contribution in [0.2, 0.25) is 0 Å². The van der Waals surface area contributed by atoms with Crippen LogP contribution in [0.25, 0.3) is 0 Å². The van der Waals surface area contributed by atoms with Gasteiger partial charge < -0.3 is 14.5 Å². The first-order chi connectivity index (χ1) is 13.1. The number of carbonyl (C=O) groups excluding carboxylic acids is 1. The molecule has 1 rings (SSSR count). The van der Waals surface area contributed by atoms with E-state index in [4.69, 9.17) is 10.3 Å². The van der Waals surface area contributed by atoms with Crippen molar-refractivity contribution in [3.8, 4) is 0 Å². The first-order valence-electron chi connectivity index (χ1n) is 9.74. The summed E-state index contributed by atoms with van der Waals surface area (Å²) in [4.78, 5) is 20.5. The highest BCUT2D eigenvalue weighted by atomic mass is 79.9. The molecule has 1 N–H and O–H groups in total. The minimum atomic E-state index is -0.498. The van der Waals surface area contributed by atoms with Crippen LogP contribution in [-0.2, 0) is 4.74 Å². The molecule has 7 nitrogen and oxygen atoms in total. The van der Waals surface area contributed by atoms with E-state index in [1.807, 2.05) is 27.7 Å². The van der Waals surface area contributed by atoms with Crippen LogP contribution in [-0.4, -0.2) is 60.6 Å². The number of allylic oxidation sites excluding steroid dienone is 3. The van der Waals surface area contributed by atoms with Crippen molar-refractivity contribution in [1.82, 2.24) is 9.80 Å². The number of ether oxygens (including phenoxy) is 1. The average Bonchev–Trinajstić information content (AvgIpc) is 2.63. The molecule has 1 amide bonds. The van der Waals surface area contributed by atoms with Gasteiger partial charge in [-0.15, -0.1) is 0 Å². The molecule has 0 aromatic rings. The van der Waals surface area contributed by atoms with Gasteiger partial charge in [0.15, 0.2) is 5.84 Å². The Morgan fingerprint density at radius 2 is 1.75 bits per heavy atom. The molecule has 1 heterocycles. The third kappa shape index (κ3) is 7.73. The van der Waals surface area contributed by atoms with E-state index in [1.54, 1.807) is 11.9 Å². The summed E-state index contributed by atoms with van der Waals surface area (Å²) in [7, 11) is 1.72. The maximum Gasteiger partial charge on any atom is 0.410 e. The Balaban J connectivity index is 2.79. The van der Waals surface area contributed by atoms with Crippen LogP contribution in [0, 0.1) is 5.53 Å². The number of aliphatic imine (C=N–C) groups is 1. The molecule has 0 saturated carbocycles. The van der Waals surface area contributed by atoms with Crippen LogP contribution in [0.15, 0.2) is 31.9 Å². The zero-order chi connectivity index (χ0) is 21.3. The number of amides is 1. The Kier molecular flexibility index (Phi) is 9.85. The predicted octanol–water partition coefficient (Wildman–Crippen LogP) is 5.34. The first kappa shape index (κ1) is 24.3. The molecule has 1 fully saturated rings. The largest absolute Gasteiger partial charge is 0.444 e. The van der Waals surface area contributed by atoms with E-state index < -0.39 is 5.60 Å². The van der Waals surface area contributed by atoms with Crippen molar-refractivity contribution in [3.05, 3.63) is 21.8 Å². The van der Waals surface area contributed by atoms with E-state index >= 15 is 0 Å². The van der Waals surface area contributed by atoms with E-state index in [2.05, 4.69) is 43.9 Å². The Morgan fingerprint density at radius 1 is 1.18 bits per heavy atom. The third-order valence-corrected chi connectivity index (χ3v) is 5.06. The summed E-state index contributed by atoms with van der Waals surface area (Å²) < 4.78 is 6.62. The molecule has 1 aliphatic heterocycles. The third-order valence-electron chi connectivity index (χ3n) is 4.34. The van der Waals surface area contributed by atoms with Gasteiger partial charge in [0.1, 0.15) is 11.3 Å². The van der Waals surface area contributed by atoms with Crippen LogP contribution >= 0.6 is 15.9 Å². The van der Waals surface area contributed by atoms with Crippen molar-refractivity contribution in [2.75, 3.05) is 33.2 Å². The fraction of sp³-hybridized carbons (Fsp3) is 0.700. The molecule has 158 valence electrons. The maximum absolute atomic E-state index is 12.2. The molecule has 1 saturated heterocycles. The number of nitrogens with zero attached hydrogens (tertiary/aromatic N) is 4. The van der Waals surface area contributed by atoms with Gasteiger partial charge in [-0.05, 0) is 57.0 Å². The van der Waals surface area contributed by atoms with Crippen molar-refractivity contribution >= 4 is 27.9 Å². The van der Waals surface area contributed by atoms with E-state index in [0.717, 1.165) is 24.8 Å². The number of hydrogen-bond acceptors (Lipinski definition) is 5. The van der Waals surface area contributed by atoms with E-state index in [-0.39, 0.29) is 6.09 Å². The lowest BCUT2D eigenvalue weighted by atomic mass is 10.1. The lowest BCUT2D eigenvalue weighted by molar-refractivity contribution is 0.0187. The molecule has 28 heavy (non-hydrogen) atoms. The topological polar surface area (TPSA) is 81.4 Å². The van der Waals surface area contributed by atoms with Crippen molar-refractivity contribution < 1.29 is 9.53 Å². The van der Waals surface area contributed by atoms with Gasteiger partial charge in [0, 0.05) is 33.2 Å². The molecule has 0 radical (unpaired) electrons. The minimum absolute atomic E-state index is 0.285. The second kappa shape index (κ2) is 11.3. The van der Waals surface area contributed by atoms with Crippen molar-refractivity contribution in [2.24, 2.45) is 10.1 Å². The second-order valence-electron chi connectivity index (χ2n) is 7.80. The summed E-state index contributed by atoms with van der Waals surface area (Å²) in [5.74, 6) is 0.715. The fourth-order valence-electron chi connectivity index (χ4n) is 2.91. The van der Waals surface area contributed by atoms with Gasteiger partial charge in [-0.2, -0.15) is 5.11 Å². The highest BCUT2D eigenvalue weighted by molar-refractivity contribution is 9.11. The summed E-state index contributed by atoms with van der Waals surface area (Å²) in [5, 5.41) is 3.78. The molecule has 0 aliphatic carbocycles. The van der Waals surface area contributed by atoms with Crippen LogP contribution < -0.4 is 0 Å². The highest BCUT2D eigenvalue weighted by Gasteiger charge is 2.28. The second-order valence-corrected chi connectivity index (χ2v) is 8.82. The Labute approximate surface area is 177 Å². The van der Waals surface area contributed by atoms with Gasteiger partial charge in [-0.25, -0.2) is 10.3 Å². The van der Waals surface area contributed by atoms with Gasteiger partial charge in [0.05, 0.1) is 0 Å². The molecule has 0 unspecified atom stereocenters. The quantitative estimate of drug-likeness (QED) is 0.333. The number of amidine groups is 1. The summed E-state index contributed by atoms with van der Waals surface area (Å²) in [6, 6.07) is 0. The zero-order valence-electron chi connectivity index (χ0n) is 18.0. The number of halogens is 1. The van der Waals surface area contributed by atoms with Crippen molar-refractivity contribution in [3.63, 3.8) is 0 Å². The maximum atomic E-state index is 12.2. The summed E-state index contributed by atoms with van der Waals surface area (Å²) in [5.41, 5.74) is 8.82. The monoisotopic (exact) mass is 455 g/mol. The lowest BCUT2D eigenvalue weighted by Crippen LogP contribution is -2.52. The molecular formula is C20H34BrN5O2. The standard InChI is InChI=1S/C20H34BrN5O2/c1-7-8-16(21)10-9-15(2)17(24-22)18(23-6)25-11-13-26(14-12-25)19(27)28-20(3,4)5/h8,22H,7,9-14H2,1-6H3. The first-order valence-corrected chi connectivity index (χ1v) is 10.5. The number of hydrogen-bond donors (Lipinski definition) is 1. The molecule has 0 aromatic heterocycles. The van der Waals surface area contributed by atoms with Crippen LogP contribution in [0.4, 0.5) is 4.79 Å². The lowest BCUT2D eigenvalue weighted by Gasteiger charge is -2.37. The van der Waals surface area contributed by atoms with Crippen molar-refractivity contribution in [2.45, 2.75) is 59.5 Å². The number of nitrogens with one attached hydrogen (secondary N) is 1. The molecule has 0 atom stereocenters. The van der Waals surface area contributed by atoms with Gasteiger partial charge in [0.2, 0.25) is 0 Å². The summed E-state index contributed by atoms with van der Waals surface area (Å²) >= 11 is 3.58. The average molecular weight is 456 g/mol. The minimum Gasteiger partial charge on any atom is -0.444 e. The molecule has 0 aromatic carbocycles. The molecule has 0 bridgehead atoms. The molecule has 0 spiro atoms. The Bertz CT molecular complexity index is 641. The van der Waals surface area contributed by atoms with Gasteiger partial charge in [-0.1, -0.05) is 28.9 Å². The smallest absolute Gasteiger partial charge is 0.410 e.